The van der Waals surface area contributed by atoms with Gasteiger partial charge in [0.2, 0.25) is 0 Å². The number of nitrogens with one attached hydrogen (secondary N) is 6. The predicted octanol–water partition coefficient (Wildman–Crippen LogP) is -1.07. The molecule has 0 spiro atoms. The fraction of sp³-hybridized carbons (Fsp3) is 0.823. The molecule has 2 aliphatic carbocycles. The van der Waals surface area contributed by atoms with Crippen LogP contribution < -0.4 is 31.9 Å². The van der Waals surface area contributed by atoms with E-state index in [4.69, 9.17) is 76.2 Å². The summed E-state index contributed by atoms with van der Waals surface area (Å²) in [6.07, 6.45) is 2.76. The number of carboxylic acid groups (broad SMARTS) is 11. The summed E-state index contributed by atoms with van der Waals surface area (Å²) in [4.78, 5) is 139. The molecule has 0 aromatic carbocycles. The summed E-state index contributed by atoms with van der Waals surface area (Å²) in [6.45, 7) is 20.2. The van der Waals surface area contributed by atoms with Gasteiger partial charge in [0.05, 0.1) is 12.7 Å². The summed E-state index contributed by atoms with van der Waals surface area (Å²) >= 11 is 0. The van der Waals surface area contributed by atoms with Crippen molar-refractivity contribution in [3.05, 3.63) is 0 Å². The van der Waals surface area contributed by atoms with E-state index in [1.807, 2.05) is 34.6 Å². The zero-order valence-electron chi connectivity index (χ0n) is 66.0. The molecule has 2 rings (SSSR count). The molecule has 0 aliphatic heterocycles. The average Bonchev–Trinajstić information content (AvgIpc) is 1.64. The monoisotopic (exact) mass is 1510 g/mol. The van der Waals surface area contributed by atoms with Crippen LogP contribution in [0.2, 0.25) is 0 Å². The van der Waals surface area contributed by atoms with E-state index < -0.39 is 126 Å². The molecule has 0 saturated heterocycles. The number of aliphatic carboxylic acids is 11. The van der Waals surface area contributed by atoms with E-state index in [1.54, 1.807) is 181 Å². The molecule has 8 unspecified atom stereocenters. The molecular weight excluding hydrogens is 1380 g/mol. The van der Waals surface area contributed by atoms with Crippen molar-refractivity contribution in [2.75, 3.05) is 140 Å². The molecule has 0 aromatic heterocycles. The van der Waals surface area contributed by atoms with Crippen molar-refractivity contribution in [3.63, 3.8) is 0 Å². The van der Waals surface area contributed by atoms with Crippen molar-refractivity contribution < 1.29 is 133 Å². The molecule has 8 atom stereocenters. The fourth-order valence-corrected chi connectivity index (χ4v) is 6.79. The maximum atomic E-state index is 10.5. The number of hydrogen-bond acceptors (Lipinski definition) is 26. The van der Waals surface area contributed by atoms with E-state index in [2.05, 4.69) is 31.9 Å². The first-order valence-electron chi connectivity index (χ1n) is 31.7. The Balaban J connectivity index is -0.000000113. The van der Waals surface area contributed by atoms with Crippen molar-refractivity contribution in [2.24, 2.45) is 11.8 Å². The normalized spacial score (nSPS) is 15.0. The number of hydrogen-bond donors (Lipinski definition) is 21. The molecule has 0 radical (unpaired) electrons. The summed E-state index contributed by atoms with van der Waals surface area (Å²) in [5.74, 6) is -8.69. The van der Waals surface area contributed by atoms with E-state index in [1.165, 1.54) is 23.8 Å². The van der Waals surface area contributed by atoms with E-state index in [0.717, 1.165) is 25.7 Å². The molecule has 0 bridgehead atoms. The van der Waals surface area contributed by atoms with Crippen LogP contribution in [0.25, 0.3) is 0 Å². The van der Waals surface area contributed by atoms with Gasteiger partial charge in [0, 0.05) is 0 Å². The Kier molecular flexibility index (Phi) is 68.9. The molecule has 2 fully saturated rings. The molecule has 610 valence electrons. The highest BCUT2D eigenvalue weighted by Crippen LogP contribution is 2.40. The Hall–Kier alpha value is -6.24. The third-order valence-corrected chi connectivity index (χ3v) is 15.6. The van der Waals surface area contributed by atoms with Crippen molar-refractivity contribution in [1.82, 2.24) is 61.3 Å². The summed E-state index contributed by atoms with van der Waals surface area (Å²) in [5, 5.41) is 126. The van der Waals surface area contributed by atoms with Gasteiger partial charge in [-0.05, 0) is 219 Å². The molecular formula is C62H135N12O27P. The molecule has 21 N–H and O–H groups in total. The van der Waals surface area contributed by atoms with Crippen molar-refractivity contribution >= 4 is 73.3 Å². The lowest BCUT2D eigenvalue weighted by Gasteiger charge is -2.27. The Morgan fingerprint density at radius 2 is 0.892 bits per heavy atom. The van der Waals surface area contributed by atoms with Crippen LogP contribution in [0.3, 0.4) is 0 Å². The number of aliphatic hydroxyl groups excluding tert-OH is 2. The van der Waals surface area contributed by atoms with Gasteiger partial charge in [-0.25, -0.2) is 0 Å². The smallest absolute Gasteiger partial charge is 0.339 e. The average molecular weight is 1510 g/mol. The van der Waals surface area contributed by atoms with Gasteiger partial charge in [0.25, 0.3) is 0 Å². The number of nitrogens with zero attached hydrogens (tertiary/aromatic N) is 6. The number of likely N-dealkylation sites (N-methyl/N-ethyl adjacent to an activating group) is 11. The lowest BCUT2D eigenvalue weighted by molar-refractivity contribution is -0.148. The number of carbonyl (C=O) groups is 11. The fourth-order valence-electron chi connectivity index (χ4n) is 6.06. The molecule has 0 amide bonds. The van der Waals surface area contributed by atoms with Crippen LogP contribution in [0.15, 0.2) is 0 Å². The molecule has 2 saturated carbocycles. The van der Waals surface area contributed by atoms with Gasteiger partial charge in [-0.15, -0.1) is 0 Å². The second-order valence-corrected chi connectivity index (χ2v) is 27.4. The van der Waals surface area contributed by atoms with E-state index in [9.17, 15) is 57.3 Å². The highest BCUT2D eigenvalue weighted by atomic mass is 31.2. The Labute approximate surface area is 603 Å². The second-order valence-electron chi connectivity index (χ2n) is 25.8. The molecule has 2 aliphatic rings. The van der Waals surface area contributed by atoms with Crippen LogP contribution in [0.1, 0.15) is 115 Å². The van der Waals surface area contributed by atoms with Gasteiger partial charge >= 0.3 is 73.3 Å². The van der Waals surface area contributed by atoms with E-state index in [-0.39, 0.29) is 42.9 Å². The van der Waals surface area contributed by atoms with E-state index in [0.29, 0.717) is 6.42 Å². The molecule has 40 heteroatoms. The van der Waals surface area contributed by atoms with Gasteiger partial charge in [0.15, 0.2) is 0 Å². The quantitative estimate of drug-likeness (QED) is 0.0396. The zero-order chi connectivity index (χ0) is 84.3. The van der Waals surface area contributed by atoms with Crippen molar-refractivity contribution in [1.29, 1.82) is 0 Å². The molecule has 102 heavy (non-hydrogen) atoms. The largest absolute Gasteiger partial charge is 0.480 e. The topological polar surface area (TPSA) is 600 Å². The van der Waals surface area contributed by atoms with Crippen LogP contribution in [0.4, 0.5) is 0 Å². The van der Waals surface area contributed by atoms with Crippen LogP contribution in [-0.2, 0) is 57.3 Å². The van der Waals surface area contributed by atoms with Gasteiger partial charge in [-0.3, -0.25) is 86.7 Å². The SMILES string of the molecule is CC(C(=O)O)N(C)C.CC(C)C(C(=O)O)N(C)C.CCC(NC)C(=O)O.CN(C)C(C)(C)C(=O)O.CN(C)C(CO)C(=O)O.CN(C)C1(C(=O)O)CC1.CN(C)CP(=O)(O)O.CNC(C(=O)O)C(C)C.CNC(C(=O)O)C(C)O.CNC(C)(C)C(=O)O.CNC(C)C(=O)O.CNC1(C(=O)O)CC1. The first-order chi connectivity index (χ1) is 45.8. The lowest BCUT2D eigenvalue weighted by atomic mass is 10.0. The second kappa shape index (κ2) is 60.1. The lowest BCUT2D eigenvalue weighted by Crippen LogP contribution is -2.45. The highest BCUT2D eigenvalue weighted by molar-refractivity contribution is 7.51. The maximum Gasteiger partial charge on any atom is 0.339 e. The first kappa shape index (κ1) is 117. The summed E-state index contributed by atoms with van der Waals surface area (Å²) in [7, 11) is 26.5. The minimum atomic E-state index is -3.80. The van der Waals surface area contributed by atoms with Crippen molar-refractivity contribution in [3.8, 4) is 0 Å². The van der Waals surface area contributed by atoms with Gasteiger partial charge in [-0.1, -0.05) is 34.6 Å². The minimum absolute atomic E-state index is 0.146. The molecule has 0 aromatic rings. The Morgan fingerprint density at radius 1 is 0.490 bits per heavy atom. The number of aliphatic hydroxyl groups is 2. The van der Waals surface area contributed by atoms with Crippen LogP contribution >= 0.6 is 7.60 Å². The standard InChI is InChI=1S/C7H15NO2.C6H11NO2.2C6H13NO2.2C5H11NO3.C5H9NO2.3C5H11NO2.C4H9NO2.C3H10NO3P/c1-5(2)6(7(9)10)8(3)4;1-7(2)6(3-4-6)5(8)9;1-6(2,5(8)9)7(3)4;1-4(2)5(7-3)6(8)9;1-6(2)4(3-7)5(8)9;1-3(7)4(6-2)5(8)9;1-6-5(2-3-5)4(7)8;1-5(2,6-3)4(7)8;1-4(5(7)8)6(2)3;1-3-4(6-2)5(7)8;1-3(5-2)4(6)7;1-4(2)3-8(5,6)7/h5-6H,1-4H3,(H,9,10);3-4H2,1-2H3,(H,8,9);1-4H3,(H,8,9);4-5,7H,1-3H3,(H,8,9);4,7H,3H2,1-2H3,(H,8,9);3-4,6-7H,1-2H3,(H,8,9);6H,2-3H2,1H3,(H,7,8);6H,1-3H3,(H,7,8);4H,1-3H3,(H,7,8);4,6H,3H2,1-2H3,(H,7,8);3,5H,1-2H3,(H,6,7);3H2,1-2H3,(H2,5,6,7). The third kappa shape index (κ3) is 61.3. The van der Waals surface area contributed by atoms with Gasteiger partial charge in [-0.2, -0.15) is 0 Å². The van der Waals surface area contributed by atoms with Crippen LogP contribution in [0, 0.1) is 11.8 Å². The highest BCUT2D eigenvalue weighted by Gasteiger charge is 2.52. The van der Waals surface area contributed by atoms with Gasteiger partial charge in [0.1, 0.15) is 70.7 Å². The first-order valence-corrected chi connectivity index (χ1v) is 33.5. The number of rotatable bonds is 29. The number of carboxylic acids is 11. The Bertz CT molecular complexity index is 2280. The molecule has 0 heterocycles. The van der Waals surface area contributed by atoms with Crippen LogP contribution in [0.5, 0.6) is 0 Å². The zero-order valence-corrected chi connectivity index (χ0v) is 66.9. The van der Waals surface area contributed by atoms with Gasteiger partial charge < -0.3 is 108 Å². The summed E-state index contributed by atoms with van der Waals surface area (Å²) < 4.78 is 10.1. The van der Waals surface area contributed by atoms with Crippen LogP contribution in [-0.4, -0.2) is 382 Å². The minimum Gasteiger partial charge on any atom is -0.480 e. The Morgan fingerprint density at radius 3 is 0.892 bits per heavy atom. The maximum absolute atomic E-state index is 10.5. The predicted molar refractivity (Wildman–Crippen MR) is 386 cm³/mol. The van der Waals surface area contributed by atoms with Crippen molar-refractivity contribution in [2.45, 2.75) is 186 Å². The summed E-state index contributed by atoms with van der Waals surface area (Å²) in [6, 6.07) is -3.59. The molecule has 39 nitrogen and oxygen atoms in total. The third-order valence-electron chi connectivity index (χ3n) is 14.7. The van der Waals surface area contributed by atoms with E-state index >= 15 is 0 Å². The summed E-state index contributed by atoms with van der Waals surface area (Å²) in [5.41, 5.74) is -2.58.